The number of β-amino-alcohol motifs (C(OH)–C–C–N with tert-alkyl or cyclic N) is 1. The molecule has 1 rings (SSSR count). The zero-order valence-corrected chi connectivity index (χ0v) is 10.9. The fourth-order valence-corrected chi connectivity index (χ4v) is 2.06. The van der Waals surface area contributed by atoms with Crippen molar-refractivity contribution < 1.29 is 14.6 Å². The molecule has 5 heteroatoms. The molecule has 100 valence electrons. The Hall–Kier alpha value is -0.650. The van der Waals surface area contributed by atoms with Crippen molar-refractivity contribution in [3.05, 3.63) is 0 Å². The van der Waals surface area contributed by atoms with Crippen LogP contribution in [0.1, 0.15) is 19.8 Å². The monoisotopic (exact) mass is 244 g/mol. The minimum Gasteiger partial charge on any atom is -0.466 e. The topological polar surface area (TPSA) is 53.0 Å². The predicted molar refractivity (Wildman–Crippen MR) is 65.8 cm³/mol. The van der Waals surface area contributed by atoms with Crippen molar-refractivity contribution in [2.24, 2.45) is 0 Å². The van der Waals surface area contributed by atoms with Crippen LogP contribution in [0, 0.1) is 0 Å². The molecular formula is C12H24N2O3. The first kappa shape index (κ1) is 14.4. The summed E-state index contributed by atoms with van der Waals surface area (Å²) in [4.78, 5) is 15.7. The summed E-state index contributed by atoms with van der Waals surface area (Å²) in [6, 6.07) is 0. The maximum atomic E-state index is 11.2. The zero-order valence-electron chi connectivity index (χ0n) is 10.9. The summed E-state index contributed by atoms with van der Waals surface area (Å²) in [6.45, 7) is 6.78. The van der Waals surface area contributed by atoms with Gasteiger partial charge in [-0.05, 0) is 33.5 Å². The first-order valence-corrected chi connectivity index (χ1v) is 6.36. The maximum Gasteiger partial charge on any atom is 0.308 e. The van der Waals surface area contributed by atoms with Gasteiger partial charge in [-0.15, -0.1) is 0 Å². The highest BCUT2D eigenvalue weighted by molar-refractivity contribution is 5.69. The number of aliphatic hydroxyl groups excluding tert-OH is 1. The minimum absolute atomic E-state index is 0.0974. The summed E-state index contributed by atoms with van der Waals surface area (Å²) < 4.78 is 4.82. The van der Waals surface area contributed by atoms with E-state index in [1.54, 1.807) is 6.92 Å². The largest absolute Gasteiger partial charge is 0.466 e. The van der Waals surface area contributed by atoms with Crippen LogP contribution in [0.3, 0.4) is 0 Å². The van der Waals surface area contributed by atoms with Crippen LogP contribution in [-0.4, -0.2) is 73.4 Å². The molecule has 0 aliphatic carbocycles. The van der Waals surface area contributed by atoms with Gasteiger partial charge in [-0.2, -0.15) is 0 Å². The third kappa shape index (κ3) is 6.00. The molecule has 5 nitrogen and oxygen atoms in total. The normalized spacial score (nSPS) is 20.9. The lowest BCUT2D eigenvalue weighted by molar-refractivity contribution is -0.145. The Bertz CT molecular complexity index is 236. The smallest absolute Gasteiger partial charge is 0.308 e. The van der Waals surface area contributed by atoms with Crippen molar-refractivity contribution in [2.75, 3.05) is 46.4 Å². The summed E-state index contributed by atoms with van der Waals surface area (Å²) in [5.74, 6) is -0.313. The molecule has 1 fully saturated rings. The van der Waals surface area contributed by atoms with Gasteiger partial charge in [0.25, 0.3) is 0 Å². The molecule has 0 aromatic heterocycles. The highest BCUT2D eigenvalue weighted by Crippen LogP contribution is 2.04. The lowest BCUT2D eigenvalue weighted by Crippen LogP contribution is -2.36. The van der Waals surface area contributed by atoms with Gasteiger partial charge in [-0.1, -0.05) is 0 Å². The third-order valence-electron chi connectivity index (χ3n) is 2.99. The number of hydrogen-bond donors (Lipinski definition) is 1. The molecule has 0 aromatic carbocycles. The van der Waals surface area contributed by atoms with E-state index in [4.69, 9.17) is 4.74 Å². The van der Waals surface area contributed by atoms with E-state index in [2.05, 4.69) is 16.8 Å². The summed E-state index contributed by atoms with van der Waals surface area (Å²) in [5.41, 5.74) is 0. The molecular weight excluding hydrogens is 220 g/mol. The first-order chi connectivity index (χ1) is 8.11. The van der Waals surface area contributed by atoms with E-state index in [1.807, 2.05) is 0 Å². The second-order valence-corrected chi connectivity index (χ2v) is 4.62. The van der Waals surface area contributed by atoms with E-state index in [1.165, 1.54) is 0 Å². The molecule has 1 atom stereocenters. The third-order valence-corrected chi connectivity index (χ3v) is 2.99. The summed E-state index contributed by atoms with van der Waals surface area (Å²) in [6.07, 6.45) is 0.598. The standard InChI is InChI=1S/C12H24N2O3/c1-3-17-12(16)9-11(15)10-14-6-4-5-13(2)7-8-14/h11,15H,3-10H2,1-2H3. The molecule has 1 heterocycles. The van der Waals surface area contributed by atoms with E-state index < -0.39 is 6.10 Å². The molecule has 17 heavy (non-hydrogen) atoms. The Balaban J connectivity index is 2.25. The molecule has 0 saturated carbocycles. The van der Waals surface area contributed by atoms with Gasteiger partial charge in [-0.25, -0.2) is 0 Å². The van der Waals surface area contributed by atoms with Crippen LogP contribution in [0.5, 0.6) is 0 Å². The minimum atomic E-state index is -0.613. The van der Waals surface area contributed by atoms with Crippen LogP contribution in [0.15, 0.2) is 0 Å². The van der Waals surface area contributed by atoms with Gasteiger partial charge >= 0.3 is 5.97 Å². The number of esters is 1. The zero-order chi connectivity index (χ0) is 12.7. The van der Waals surface area contributed by atoms with E-state index in [0.29, 0.717) is 13.2 Å². The molecule has 1 unspecified atom stereocenters. The Morgan fingerprint density at radius 3 is 2.82 bits per heavy atom. The predicted octanol–water partition coefficient (Wildman–Crippen LogP) is -0.0620. The number of rotatable bonds is 5. The van der Waals surface area contributed by atoms with Crippen molar-refractivity contribution in [3.8, 4) is 0 Å². The van der Waals surface area contributed by atoms with Gasteiger partial charge < -0.3 is 14.7 Å². The van der Waals surface area contributed by atoms with Crippen LogP contribution in [0.25, 0.3) is 0 Å². The lowest BCUT2D eigenvalue weighted by Gasteiger charge is -2.22. The van der Waals surface area contributed by atoms with Gasteiger partial charge in [0.05, 0.1) is 19.1 Å². The van der Waals surface area contributed by atoms with E-state index >= 15 is 0 Å². The van der Waals surface area contributed by atoms with Crippen molar-refractivity contribution in [2.45, 2.75) is 25.9 Å². The van der Waals surface area contributed by atoms with Crippen LogP contribution in [-0.2, 0) is 9.53 Å². The van der Waals surface area contributed by atoms with Gasteiger partial charge in [0, 0.05) is 19.6 Å². The van der Waals surface area contributed by atoms with Crippen LogP contribution < -0.4 is 0 Å². The number of ether oxygens (including phenoxy) is 1. The summed E-state index contributed by atoms with van der Waals surface area (Å²) in [7, 11) is 2.11. The average Bonchev–Trinajstić information content (AvgIpc) is 2.44. The van der Waals surface area contributed by atoms with Crippen molar-refractivity contribution in [1.29, 1.82) is 0 Å². The van der Waals surface area contributed by atoms with E-state index in [9.17, 15) is 9.90 Å². The van der Waals surface area contributed by atoms with Crippen LogP contribution >= 0.6 is 0 Å². The maximum absolute atomic E-state index is 11.2. The van der Waals surface area contributed by atoms with E-state index in [-0.39, 0.29) is 12.4 Å². The number of nitrogens with zero attached hydrogens (tertiary/aromatic N) is 2. The van der Waals surface area contributed by atoms with Gasteiger partial charge in [-0.3, -0.25) is 9.69 Å². The molecule has 1 N–H and O–H groups in total. The Morgan fingerprint density at radius 2 is 2.12 bits per heavy atom. The van der Waals surface area contributed by atoms with Gasteiger partial charge in [0.15, 0.2) is 0 Å². The number of likely N-dealkylation sites (N-methyl/N-ethyl adjacent to an activating group) is 1. The van der Waals surface area contributed by atoms with Crippen molar-refractivity contribution >= 4 is 5.97 Å². The molecule has 1 aliphatic heterocycles. The highest BCUT2D eigenvalue weighted by atomic mass is 16.5. The molecule has 0 spiro atoms. The summed E-state index contributed by atoms with van der Waals surface area (Å²) in [5, 5.41) is 9.80. The quantitative estimate of drug-likeness (QED) is 0.687. The van der Waals surface area contributed by atoms with Crippen LogP contribution in [0.2, 0.25) is 0 Å². The highest BCUT2D eigenvalue weighted by Gasteiger charge is 2.18. The first-order valence-electron chi connectivity index (χ1n) is 6.36. The second kappa shape index (κ2) is 7.63. The van der Waals surface area contributed by atoms with Crippen LogP contribution in [0.4, 0.5) is 0 Å². The molecule has 0 amide bonds. The Morgan fingerprint density at radius 1 is 1.35 bits per heavy atom. The molecule has 1 saturated heterocycles. The SMILES string of the molecule is CCOC(=O)CC(O)CN1CCCN(C)CC1. The fourth-order valence-electron chi connectivity index (χ4n) is 2.06. The fraction of sp³-hybridized carbons (Fsp3) is 0.917. The molecule has 1 aliphatic rings. The molecule has 0 aromatic rings. The second-order valence-electron chi connectivity index (χ2n) is 4.62. The molecule has 0 bridgehead atoms. The van der Waals surface area contributed by atoms with Gasteiger partial charge in [0.1, 0.15) is 0 Å². The molecule has 0 radical (unpaired) electrons. The van der Waals surface area contributed by atoms with Crippen molar-refractivity contribution in [1.82, 2.24) is 9.80 Å². The lowest BCUT2D eigenvalue weighted by atomic mass is 10.2. The Labute approximate surface area is 103 Å². The number of hydrogen-bond acceptors (Lipinski definition) is 5. The summed E-state index contributed by atoms with van der Waals surface area (Å²) >= 11 is 0. The van der Waals surface area contributed by atoms with Crippen molar-refractivity contribution in [3.63, 3.8) is 0 Å². The average molecular weight is 244 g/mol. The number of carbonyl (C=O) groups is 1. The van der Waals surface area contributed by atoms with E-state index in [0.717, 1.165) is 32.6 Å². The Kier molecular flexibility index (Phi) is 6.47. The van der Waals surface area contributed by atoms with Gasteiger partial charge in [0.2, 0.25) is 0 Å². The number of aliphatic hydroxyl groups is 1. The number of carbonyl (C=O) groups excluding carboxylic acids is 1.